The molecule has 0 fully saturated rings. The van der Waals surface area contributed by atoms with Gasteiger partial charge in [-0.15, -0.1) is 0 Å². The number of isocyanates is 1. The molecule has 0 radical (unpaired) electrons. The van der Waals surface area contributed by atoms with E-state index in [4.69, 9.17) is 9.79 Å². The molecule has 0 aromatic rings. The number of aliphatic imine (C=N–C) groups is 1. The van der Waals surface area contributed by atoms with Crippen LogP contribution < -0.4 is 0 Å². The molecule has 0 aromatic heterocycles. The van der Waals surface area contributed by atoms with Crippen LogP contribution in [0.4, 0.5) is 0 Å². The average Bonchev–Trinajstić information content (AvgIpc) is 1.99. The molecule has 2 unspecified atom stereocenters. The molecule has 0 saturated heterocycles. The predicted octanol–water partition coefficient (Wildman–Crippen LogP) is 0.599. The first-order chi connectivity index (χ1) is 5.90. The molecule has 6 nitrogen and oxygen atoms in total. The number of hydrogen-bond acceptors (Lipinski definition) is 4. The Morgan fingerprint density at radius 3 is 2.46 bits per heavy atom. The third-order valence-electron chi connectivity index (χ3n) is 1.47. The summed E-state index contributed by atoms with van der Waals surface area (Å²) in [6.45, 7) is 3.20. The van der Waals surface area contributed by atoms with Crippen molar-refractivity contribution < 1.29 is 23.7 Å². The summed E-state index contributed by atoms with van der Waals surface area (Å²) in [5, 5.41) is 0. The Morgan fingerprint density at radius 2 is 2.15 bits per heavy atom. The van der Waals surface area contributed by atoms with Gasteiger partial charge in [-0.2, -0.15) is 0 Å². The lowest BCUT2D eigenvalue weighted by molar-refractivity contribution is 0.115. The van der Waals surface area contributed by atoms with Gasteiger partial charge in [0.1, 0.15) is 0 Å². The van der Waals surface area contributed by atoms with Gasteiger partial charge in [0.25, 0.3) is 0 Å². The Bertz CT molecular complexity index is 243. The highest BCUT2D eigenvalue weighted by Crippen LogP contribution is 2.39. The molecule has 0 bridgehead atoms. The van der Waals surface area contributed by atoms with Gasteiger partial charge in [0.05, 0.1) is 12.1 Å². The number of hydrogen-bond donors (Lipinski definition) is 2. The summed E-state index contributed by atoms with van der Waals surface area (Å²) in [5.74, 6) is 0. The Morgan fingerprint density at radius 1 is 1.62 bits per heavy atom. The van der Waals surface area contributed by atoms with Crippen LogP contribution in [-0.4, -0.2) is 28.0 Å². The van der Waals surface area contributed by atoms with Crippen molar-refractivity contribution in [3.8, 4) is 0 Å². The number of nitrogens with zero attached hydrogens (tertiary/aromatic N) is 1. The zero-order chi connectivity index (χ0) is 10.5. The van der Waals surface area contributed by atoms with Crippen molar-refractivity contribution in [1.82, 2.24) is 0 Å². The molecule has 0 amide bonds. The predicted molar refractivity (Wildman–Crippen MR) is 44.8 cm³/mol. The highest BCUT2D eigenvalue weighted by Gasteiger charge is 2.25. The minimum absolute atomic E-state index is 0.359. The van der Waals surface area contributed by atoms with E-state index in [2.05, 4.69) is 9.52 Å². The Labute approximate surface area is 75.9 Å². The van der Waals surface area contributed by atoms with Gasteiger partial charge in [-0.05, 0) is 13.3 Å². The van der Waals surface area contributed by atoms with E-state index < -0.39 is 20.0 Å². The maximum Gasteiger partial charge on any atom is 0.469 e. The lowest BCUT2D eigenvalue weighted by Crippen LogP contribution is -2.23. The first-order valence-corrected chi connectivity index (χ1v) is 5.24. The van der Waals surface area contributed by atoms with Crippen LogP contribution in [0.2, 0.25) is 0 Å². The Hall–Kier alpha value is -0.510. The van der Waals surface area contributed by atoms with E-state index in [1.165, 1.54) is 13.0 Å². The van der Waals surface area contributed by atoms with E-state index in [1.54, 1.807) is 6.92 Å². The van der Waals surface area contributed by atoms with Crippen molar-refractivity contribution in [2.75, 3.05) is 0 Å². The summed E-state index contributed by atoms with van der Waals surface area (Å²) in [5.41, 5.74) is 0. The minimum atomic E-state index is -4.51. The van der Waals surface area contributed by atoms with Crippen molar-refractivity contribution in [3.63, 3.8) is 0 Å². The monoisotopic (exact) mass is 209 g/mol. The molecule has 0 aromatic carbocycles. The van der Waals surface area contributed by atoms with Crippen LogP contribution in [0, 0.1) is 0 Å². The molecule has 0 aliphatic rings. The lowest BCUT2D eigenvalue weighted by Gasteiger charge is -2.18. The third-order valence-corrected chi connectivity index (χ3v) is 2.01. The summed E-state index contributed by atoms with van der Waals surface area (Å²) in [4.78, 5) is 30.1. The molecule has 7 heteroatoms. The number of phosphoric acid groups is 1. The molecule has 0 spiro atoms. The molecule has 0 saturated carbocycles. The van der Waals surface area contributed by atoms with Gasteiger partial charge < -0.3 is 9.79 Å². The van der Waals surface area contributed by atoms with E-state index >= 15 is 0 Å². The Balaban J connectivity index is 4.34. The van der Waals surface area contributed by atoms with Crippen molar-refractivity contribution in [2.45, 2.75) is 32.4 Å². The molecule has 0 rings (SSSR count). The average molecular weight is 209 g/mol. The standard InChI is InChI=1S/C6H12NO5P/c1-3-6(5(2)7-4-8)12-13(9,10)11/h5-6H,3H2,1-2H3,(H2,9,10,11). The zero-order valence-corrected chi connectivity index (χ0v) is 8.27. The highest BCUT2D eigenvalue weighted by atomic mass is 31.2. The molecular formula is C6H12NO5P. The van der Waals surface area contributed by atoms with E-state index in [0.29, 0.717) is 6.42 Å². The molecular weight excluding hydrogens is 197 g/mol. The summed E-state index contributed by atoms with van der Waals surface area (Å²) in [6, 6.07) is -0.602. The van der Waals surface area contributed by atoms with Gasteiger partial charge in [0.2, 0.25) is 6.08 Å². The van der Waals surface area contributed by atoms with Crippen molar-refractivity contribution in [2.24, 2.45) is 4.99 Å². The topological polar surface area (TPSA) is 96.2 Å². The second-order valence-corrected chi connectivity index (χ2v) is 3.70. The van der Waals surface area contributed by atoms with E-state index in [-0.39, 0.29) is 0 Å². The summed E-state index contributed by atoms with van der Waals surface area (Å²) >= 11 is 0. The first-order valence-electron chi connectivity index (χ1n) is 3.71. The fourth-order valence-electron chi connectivity index (χ4n) is 0.846. The fourth-order valence-corrected chi connectivity index (χ4v) is 1.52. The molecule has 0 aliphatic heterocycles. The number of rotatable bonds is 5. The maximum absolute atomic E-state index is 10.4. The molecule has 13 heavy (non-hydrogen) atoms. The summed E-state index contributed by atoms with van der Waals surface area (Å²) < 4.78 is 14.8. The maximum atomic E-state index is 10.4. The SMILES string of the molecule is CCC(OP(=O)(O)O)C(C)N=C=O. The van der Waals surface area contributed by atoms with Gasteiger partial charge in [0.15, 0.2) is 0 Å². The van der Waals surface area contributed by atoms with Gasteiger partial charge in [-0.25, -0.2) is 14.4 Å². The zero-order valence-electron chi connectivity index (χ0n) is 7.38. The lowest BCUT2D eigenvalue weighted by atomic mass is 10.1. The van der Waals surface area contributed by atoms with Gasteiger partial charge in [-0.1, -0.05) is 6.92 Å². The molecule has 76 valence electrons. The van der Waals surface area contributed by atoms with Crippen molar-refractivity contribution in [3.05, 3.63) is 0 Å². The second-order valence-electron chi connectivity index (χ2n) is 2.50. The second kappa shape index (κ2) is 5.27. The third kappa shape index (κ3) is 5.69. The Kier molecular flexibility index (Phi) is 5.06. The van der Waals surface area contributed by atoms with Gasteiger partial charge >= 0.3 is 7.82 Å². The van der Waals surface area contributed by atoms with Crippen LogP contribution in [0.1, 0.15) is 20.3 Å². The smallest absolute Gasteiger partial charge is 0.303 e. The first kappa shape index (κ1) is 12.5. The van der Waals surface area contributed by atoms with Crippen LogP contribution in [0.25, 0.3) is 0 Å². The van der Waals surface area contributed by atoms with E-state index in [9.17, 15) is 9.36 Å². The molecule has 2 N–H and O–H groups in total. The highest BCUT2D eigenvalue weighted by molar-refractivity contribution is 7.46. The van der Waals surface area contributed by atoms with Gasteiger partial charge in [-0.3, -0.25) is 4.52 Å². The quantitative estimate of drug-likeness (QED) is 0.392. The number of carbonyl (C=O) groups excluding carboxylic acids is 1. The summed E-state index contributed by atoms with van der Waals surface area (Å²) in [6.07, 6.45) is 0.907. The minimum Gasteiger partial charge on any atom is -0.303 e. The largest absolute Gasteiger partial charge is 0.469 e. The molecule has 2 atom stereocenters. The summed E-state index contributed by atoms with van der Waals surface area (Å²) in [7, 11) is -4.51. The van der Waals surface area contributed by atoms with Crippen LogP contribution in [-0.2, 0) is 13.9 Å². The van der Waals surface area contributed by atoms with Crippen LogP contribution in [0.5, 0.6) is 0 Å². The van der Waals surface area contributed by atoms with Crippen LogP contribution >= 0.6 is 7.82 Å². The van der Waals surface area contributed by atoms with Crippen LogP contribution in [0.3, 0.4) is 0 Å². The van der Waals surface area contributed by atoms with E-state index in [1.807, 2.05) is 0 Å². The fraction of sp³-hybridized carbons (Fsp3) is 0.833. The van der Waals surface area contributed by atoms with E-state index in [0.717, 1.165) is 0 Å². The van der Waals surface area contributed by atoms with Crippen molar-refractivity contribution in [1.29, 1.82) is 0 Å². The molecule has 0 heterocycles. The normalized spacial score (nSPS) is 16.0. The van der Waals surface area contributed by atoms with Crippen molar-refractivity contribution >= 4 is 13.9 Å². The molecule has 0 aliphatic carbocycles. The number of phosphoric ester groups is 1. The van der Waals surface area contributed by atoms with Crippen LogP contribution in [0.15, 0.2) is 4.99 Å². The van der Waals surface area contributed by atoms with Gasteiger partial charge in [0, 0.05) is 0 Å².